The van der Waals surface area contributed by atoms with Crippen molar-refractivity contribution in [2.24, 2.45) is 5.73 Å². The standard InChI is InChI=1S/C17H22N2/c1-3-19(14(2)16-7-5-4-6-8-16)17-11-9-15(13-18)10-12-17/h4-12,14H,3,13,18H2,1-2H3. The molecule has 2 nitrogen and oxygen atoms in total. The predicted octanol–water partition coefficient (Wildman–Crippen LogP) is 3.73. The SMILES string of the molecule is CCN(c1ccc(CN)cc1)C(C)c1ccccc1. The van der Waals surface area contributed by atoms with Crippen molar-refractivity contribution in [3.05, 3.63) is 65.7 Å². The maximum atomic E-state index is 5.65. The number of nitrogens with zero attached hydrogens (tertiary/aromatic N) is 1. The summed E-state index contributed by atoms with van der Waals surface area (Å²) in [6.07, 6.45) is 0. The van der Waals surface area contributed by atoms with Crippen molar-refractivity contribution in [1.82, 2.24) is 0 Å². The van der Waals surface area contributed by atoms with Crippen LogP contribution in [0.25, 0.3) is 0 Å². The normalized spacial score (nSPS) is 12.2. The minimum Gasteiger partial charge on any atom is -0.365 e. The molecule has 0 fully saturated rings. The zero-order valence-electron chi connectivity index (χ0n) is 11.7. The van der Waals surface area contributed by atoms with Gasteiger partial charge in [0, 0.05) is 18.8 Å². The molecule has 2 rings (SSSR count). The summed E-state index contributed by atoms with van der Waals surface area (Å²) < 4.78 is 0. The topological polar surface area (TPSA) is 29.3 Å². The first-order valence-electron chi connectivity index (χ1n) is 6.87. The molecule has 0 aliphatic heterocycles. The molecule has 19 heavy (non-hydrogen) atoms. The Balaban J connectivity index is 2.23. The lowest BCUT2D eigenvalue weighted by atomic mass is 10.1. The molecule has 0 bridgehead atoms. The van der Waals surface area contributed by atoms with Gasteiger partial charge >= 0.3 is 0 Å². The Hall–Kier alpha value is -1.80. The Bertz CT molecular complexity index is 490. The highest BCUT2D eigenvalue weighted by atomic mass is 15.1. The summed E-state index contributed by atoms with van der Waals surface area (Å²) in [6, 6.07) is 19.5. The van der Waals surface area contributed by atoms with Gasteiger partial charge in [0.1, 0.15) is 0 Å². The van der Waals surface area contributed by atoms with Crippen molar-refractivity contribution in [2.75, 3.05) is 11.4 Å². The van der Waals surface area contributed by atoms with Crippen molar-refractivity contribution < 1.29 is 0 Å². The zero-order chi connectivity index (χ0) is 13.7. The van der Waals surface area contributed by atoms with Crippen LogP contribution in [0.15, 0.2) is 54.6 Å². The smallest absolute Gasteiger partial charge is 0.0514 e. The number of anilines is 1. The van der Waals surface area contributed by atoms with Crippen molar-refractivity contribution in [3.8, 4) is 0 Å². The van der Waals surface area contributed by atoms with Crippen LogP contribution in [0.1, 0.15) is 31.0 Å². The van der Waals surface area contributed by atoms with Crippen molar-refractivity contribution in [3.63, 3.8) is 0 Å². The van der Waals surface area contributed by atoms with Crippen LogP contribution in [0.5, 0.6) is 0 Å². The average Bonchev–Trinajstić information content (AvgIpc) is 2.49. The third-order valence-corrected chi connectivity index (χ3v) is 3.59. The van der Waals surface area contributed by atoms with Crippen LogP contribution < -0.4 is 10.6 Å². The first-order valence-corrected chi connectivity index (χ1v) is 6.87. The van der Waals surface area contributed by atoms with Gasteiger partial charge in [-0.15, -0.1) is 0 Å². The second-order valence-corrected chi connectivity index (χ2v) is 4.74. The highest BCUT2D eigenvalue weighted by Gasteiger charge is 2.14. The van der Waals surface area contributed by atoms with E-state index in [4.69, 9.17) is 5.73 Å². The quantitative estimate of drug-likeness (QED) is 0.881. The monoisotopic (exact) mass is 254 g/mol. The summed E-state index contributed by atoms with van der Waals surface area (Å²) in [5.74, 6) is 0. The largest absolute Gasteiger partial charge is 0.365 e. The van der Waals surface area contributed by atoms with Crippen LogP contribution in [0.2, 0.25) is 0 Å². The van der Waals surface area contributed by atoms with Crippen LogP contribution in [-0.4, -0.2) is 6.54 Å². The fourth-order valence-corrected chi connectivity index (χ4v) is 2.42. The lowest BCUT2D eigenvalue weighted by molar-refractivity contribution is 0.690. The van der Waals surface area contributed by atoms with Gasteiger partial charge in [0.2, 0.25) is 0 Å². The summed E-state index contributed by atoms with van der Waals surface area (Å²) in [7, 11) is 0. The fourth-order valence-electron chi connectivity index (χ4n) is 2.42. The van der Waals surface area contributed by atoms with Gasteiger partial charge in [0.15, 0.2) is 0 Å². The lowest BCUT2D eigenvalue weighted by Gasteiger charge is -2.30. The van der Waals surface area contributed by atoms with Crippen LogP contribution >= 0.6 is 0 Å². The number of hydrogen-bond acceptors (Lipinski definition) is 2. The van der Waals surface area contributed by atoms with E-state index in [9.17, 15) is 0 Å². The lowest BCUT2D eigenvalue weighted by Crippen LogP contribution is -2.26. The highest BCUT2D eigenvalue weighted by molar-refractivity contribution is 5.49. The molecule has 100 valence electrons. The van der Waals surface area contributed by atoms with E-state index in [-0.39, 0.29) is 0 Å². The third kappa shape index (κ3) is 3.15. The number of hydrogen-bond donors (Lipinski definition) is 1. The van der Waals surface area contributed by atoms with Gasteiger partial charge < -0.3 is 10.6 Å². The van der Waals surface area contributed by atoms with Crippen molar-refractivity contribution in [1.29, 1.82) is 0 Å². The van der Waals surface area contributed by atoms with Gasteiger partial charge in [0.05, 0.1) is 6.04 Å². The Morgan fingerprint density at radius 2 is 1.63 bits per heavy atom. The first-order chi connectivity index (χ1) is 9.26. The van der Waals surface area contributed by atoms with E-state index in [0.29, 0.717) is 12.6 Å². The molecule has 1 atom stereocenters. The maximum absolute atomic E-state index is 5.65. The van der Waals surface area contributed by atoms with Crippen LogP contribution in [0, 0.1) is 0 Å². The molecule has 2 aromatic carbocycles. The molecular weight excluding hydrogens is 232 g/mol. The molecule has 0 aliphatic carbocycles. The van der Waals surface area contributed by atoms with Crippen LogP contribution in [0.4, 0.5) is 5.69 Å². The molecule has 0 heterocycles. The minimum atomic E-state index is 0.370. The van der Waals surface area contributed by atoms with Gasteiger partial charge in [-0.25, -0.2) is 0 Å². The first kappa shape index (κ1) is 13.6. The highest BCUT2D eigenvalue weighted by Crippen LogP contribution is 2.26. The predicted molar refractivity (Wildman–Crippen MR) is 82.2 cm³/mol. The Labute approximate surface area is 115 Å². The summed E-state index contributed by atoms with van der Waals surface area (Å²) in [5.41, 5.74) is 9.41. The van der Waals surface area contributed by atoms with E-state index in [1.165, 1.54) is 16.8 Å². The Morgan fingerprint density at radius 1 is 1.00 bits per heavy atom. The zero-order valence-corrected chi connectivity index (χ0v) is 11.7. The molecule has 0 spiro atoms. The molecule has 2 aromatic rings. The van der Waals surface area contributed by atoms with Crippen LogP contribution in [0.3, 0.4) is 0 Å². The van der Waals surface area contributed by atoms with Crippen molar-refractivity contribution in [2.45, 2.75) is 26.4 Å². The van der Waals surface area contributed by atoms with E-state index in [1.807, 2.05) is 0 Å². The summed E-state index contributed by atoms with van der Waals surface area (Å²) in [4.78, 5) is 2.40. The summed E-state index contributed by atoms with van der Waals surface area (Å²) in [6.45, 7) is 6.02. The number of benzene rings is 2. The molecule has 2 N–H and O–H groups in total. The summed E-state index contributed by atoms with van der Waals surface area (Å²) in [5, 5.41) is 0. The molecule has 2 heteroatoms. The number of rotatable bonds is 5. The van der Waals surface area contributed by atoms with Crippen molar-refractivity contribution >= 4 is 5.69 Å². The van der Waals surface area contributed by atoms with E-state index < -0.39 is 0 Å². The summed E-state index contributed by atoms with van der Waals surface area (Å²) >= 11 is 0. The molecule has 0 amide bonds. The third-order valence-electron chi connectivity index (χ3n) is 3.59. The Kier molecular flexibility index (Phi) is 4.58. The van der Waals surface area contributed by atoms with E-state index in [1.54, 1.807) is 0 Å². The van der Waals surface area contributed by atoms with E-state index >= 15 is 0 Å². The molecule has 0 saturated heterocycles. The van der Waals surface area contributed by atoms with Gasteiger partial charge in [-0.05, 0) is 37.1 Å². The molecule has 0 aromatic heterocycles. The average molecular weight is 254 g/mol. The van der Waals surface area contributed by atoms with E-state index in [2.05, 4.69) is 73.3 Å². The van der Waals surface area contributed by atoms with E-state index in [0.717, 1.165) is 6.54 Å². The second-order valence-electron chi connectivity index (χ2n) is 4.74. The fraction of sp³-hybridized carbons (Fsp3) is 0.294. The van der Waals surface area contributed by atoms with Gasteiger partial charge in [0.25, 0.3) is 0 Å². The second kappa shape index (κ2) is 6.39. The van der Waals surface area contributed by atoms with Gasteiger partial charge in [-0.1, -0.05) is 42.5 Å². The van der Waals surface area contributed by atoms with Crippen LogP contribution in [-0.2, 0) is 6.54 Å². The Morgan fingerprint density at radius 3 is 2.16 bits per heavy atom. The molecular formula is C17H22N2. The molecule has 1 unspecified atom stereocenters. The van der Waals surface area contributed by atoms with Gasteiger partial charge in [-0.3, -0.25) is 0 Å². The minimum absolute atomic E-state index is 0.370. The van der Waals surface area contributed by atoms with Gasteiger partial charge in [-0.2, -0.15) is 0 Å². The molecule has 0 saturated carbocycles. The molecule has 0 radical (unpaired) electrons. The maximum Gasteiger partial charge on any atom is 0.0514 e. The molecule has 0 aliphatic rings. The number of nitrogens with two attached hydrogens (primary N) is 1.